The first-order chi connectivity index (χ1) is 8.33. The maximum Gasteiger partial charge on any atom is 0.0897 e. The Bertz CT molecular complexity index is 174. The second-order valence-electron chi connectivity index (χ2n) is 4.80. The number of rotatable bonds is 12. The Morgan fingerprint density at radius 2 is 2.12 bits per heavy atom. The van der Waals surface area contributed by atoms with E-state index in [-0.39, 0.29) is 0 Å². The fourth-order valence-corrected chi connectivity index (χ4v) is 1.48. The predicted octanol–water partition coefficient (Wildman–Crippen LogP) is 1.18. The van der Waals surface area contributed by atoms with E-state index in [0.29, 0.717) is 13.2 Å². The van der Waals surface area contributed by atoms with Crippen molar-refractivity contribution in [2.75, 3.05) is 39.5 Å². The normalized spacial score (nSPS) is 17.3. The largest absolute Gasteiger partial charge is 0.389 e. The molecule has 0 aliphatic heterocycles. The van der Waals surface area contributed by atoms with Crippen LogP contribution in [0, 0.1) is 5.92 Å². The molecule has 0 heterocycles. The van der Waals surface area contributed by atoms with Gasteiger partial charge in [-0.2, -0.15) is 0 Å². The van der Waals surface area contributed by atoms with E-state index >= 15 is 0 Å². The molecule has 0 amide bonds. The van der Waals surface area contributed by atoms with Crippen LogP contribution in [0.25, 0.3) is 0 Å². The highest BCUT2D eigenvalue weighted by Gasteiger charge is 2.21. The fourth-order valence-electron chi connectivity index (χ4n) is 1.48. The Balaban J connectivity index is 1.74. The van der Waals surface area contributed by atoms with Crippen molar-refractivity contribution in [3.8, 4) is 0 Å². The van der Waals surface area contributed by atoms with Gasteiger partial charge in [-0.1, -0.05) is 13.3 Å². The van der Waals surface area contributed by atoms with Crippen molar-refractivity contribution >= 4 is 0 Å². The van der Waals surface area contributed by atoms with Gasteiger partial charge in [0.25, 0.3) is 0 Å². The van der Waals surface area contributed by atoms with Crippen molar-refractivity contribution in [3.63, 3.8) is 0 Å². The maximum absolute atomic E-state index is 9.59. The van der Waals surface area contributed by atoms with Crippen molar-refractivity contribution in [2.45, 2.75) is 38.7 Å². The van der Waals surface area contributed by atoms with Crippen molar-refractivity contribution in [1.29, 1.82) is 0 Å². The first-order valence-corrected chi connectivity index (χ1v) is 6.87. The quantitative estimate of drug-likeness (QED) is 0.507. The molecule has 1 saturated carbocycles. The molecule has 1 fully saturated rings. The third kappa shape index (κ3) is 9.53. The van der Waals surface area contributed by atoms with E-state index in [1.54, 1.807) is 0 Å². The lowest BCUT2D eigenvalue weighted by Gasteiger charge is -2.12. The molecule has 0 aromatic carbocycles. The third-order valence-corrected chi connectivity index (χ3v) is 2.81. The highest BCUT2D eigenvalue weighted by Crippen LogP contribution is 2.28. The average Bonchev–Trinajstić information content (AvgIpc) is 3.12. The minimum atomic E-state index is -0.399. The highest BCUT2D eigenvalue weighted by atomic mass is 16.5. The average molecular weight is 245 g/mol. The molecule has 4 nitrogen and oxygen atoms in total. The fraction of sp³-hybridized carbons (Fsp3) is 1.00. The molecular weight excluding hydrogens is 218 g/mol. The first kappa shape index (κ1) is 14.9. The minimum Gasteiger partial charge on any atom is -0.389 e. The van der Waals surface area contributed by atoms with Gasteiger partial charge in [-0.15, -0.1) is 0 Å². The van der Waals surface area contributed by atoms with Crippen LogP contribution in [0.5, 0.6) is 0 Å². The zero-order valence-electron chi connectivity index (χ0n) is 11.0. The van der Waals surface area contributed by atoms with Crippen LogP contribution >= 0.6 is 0 Å². The van der Waals surface area contributed by atoms with E-state index in [9.17, 15) is 5.11 Å². The van der Waals surface area contributed by atoms with Crippen molar-refractivity contribution in [1.82, 2.24) is 5.32 Å². The van der Waals surface area contributed by atoms with Gasteiger partial charge in [-0.3, -0.25) is 0 Å². The predicted molar refractivity (Wildman–Crippen MR) is 68.1 cm³/mol. The van der Waals surface area contributed by atoms with Crippen molar-refractivity contribution in [3.05, 3.63) is 0 Å². The van der Waals surface area contributed by atoms with Crippen LogP contribution < -0.4 is 5.32 Å². The molecule has 17 heavy (non-hydrogen) atoms. The lowest BCUT2D eigenvalue weighted by atomic mass is 10.3. The summed E-state index contributed by atoms with van der Waals surface area (Å²) < 4.78 is 10.8. The molecule has 0 saturated heterocycles. The Hall–Kier alpha value is -0.160. The Labute approximate surface area is 105 Å². The summed E-state index contributed by atoms with van der Waals surface area (Å²) in [5, 5.41) is 12.8. The second kappa shape index (κ2) is 9.83. The molecule has 0 bridgehead atoms. The summed E-state index contributed by atoms with van der Waals surface area (Å²) in [5.74, 6) is 0.766. The van der Waals surface area contributed by atoms with Gasteiger partial charge in [0, 0.05) is 26.3 Å². The number of aliphatic hydroxyl groups excluding tert-OH is 1. The monoisotopic (exact) mass is 245 g/mol. The number of aliphatic hydroxyl groups is 1. The van der Waals surface area contributed by atoms with Gasteiger partial charge in [0.15, 0.2) is 0 Å². The zero-order valence-corrected chi connectivity index (χ0v) is 11.0. The van der Waals surface area contributed by atoms with Gasteiger partial charge >= 0.3 is 0 Å². The lowest BCUT2D eigenvalue weighted by Crippen LogP contribution is -2.32. The summed E-state index contributed by atoms with van der Waals surface area (Å²) in [6.45, 7) is 6.35. The van der Waals surface area contributed by atoms with E-state index in [1.807, 2.05) is 0 Å². The molecule has 0 radical (unpaired) electrons. The van der Waals surface area contributed by atoms with Crippen molar-refractivity contribution in [2.24, 2.45) is 5.92 Å². The molecule has 1 unspecified atom stereocenters. The van der Waals surface area contributed by atoms with Gasteiger partial charge in [-0.25, -0.2) is 0 Å². The maximum atomic E-state index is 9.59. The van der Waals surface area contributed by atoms with Gasteiger partial charge < -0.3 is 19.9 Å². The minimum absolute atomic E-state index is 0.399. The lowest BCUT2D eigenvalue weighted by molar-refractivity contribution is 0.0314. The smallest absolute Gasteiger partial charge is 0.0897 e. The molecule has 0 aromatic rings. The van der Waals surface area contributed by atoms with E-state index in [2.05, 4.69) is 12.2 Å². The van der Waals surface area contributed by atoms with E-state index in [4.69, 9.17) is 9.47 Å². The first-order valence-electron chi connectivity index (χ1n) is 6.87. The van der Waals surface area contributed by atoms with E-state index < -0.39 is 6.10 Å². The van der Waals surface area contributed by atoms with E-state index in [0.717, 1.165) is 38.7 Å². The molecule has 1 atom stereocenters. The van der Waals surface area contributed by atoms with Crippen molar-refractivity contribution < 1.29 is 14.6 Å². The summed E-state index contributed by atoms with van der Waals surface area (Å²) in [6.07, 6.45) is 4.49. The summed E-state index contributed by atoms with van der Waals surface area (Å²) in [5.41, 5.74) is 0. The third-order valence-electron chi connectivity index (χ3n) is 2.81. The SMILES string of the molecule is CCCCOCCNCC(O)COCC1CC1. The number of unbranched alkanes of at least 4 members (excludes halogenated alkanes) is 1. The van der Waals surface area contributed by atoms with Gasteiger partial charge in [-0.05, 0) is 25.2 Å². The van der Waals surface area contributed by atoms with Crippen LogP contribution in [0.3, 0.4) is 0 Å². The summed E-state index contributed by atoms with van der Waals surface area (Å²) in [6, 6.07) is 0. The molecule has 102 valence electrons. The van der Waals surface area contributed by atoms with Gasteiger partial charge in [0.05, 0.1) is 19.3 Å². The topological polar surface area (TPSA) is 50.7 Å². The Morgan fingerprint density at radius 1 is 1.29 bits per heavy atom. The molecule has 1 aliphatic carbocycles. The second-order valence-corrected chi connectivity index (χ2v) is 4.80. The van der Waals surface area contributed by atoms with Gasteiger partial charge in [0.1, 0.15) is 0 Å². The molecule has 0 aromatic heterocycles. The molecule has 2 N–H and O–H groups in total. The Kier molecular flexibility index (Phi) is 8.61. The number of hydrogen-bond donors (Lipinski definition) is 2. The molecular formula is C13H27NO3. The van der Waals surface area contributed by atoms with Crippen LogP contribution in [-0.2, 0) is 9.47 Å². The molecule has 1 rings (SSSR count). The molecule has 0 spiro atoms. The Morgan fingerprint density at radius 3 is 2.82 bits per heavy atom. The van der Waals surface area contributed by atoms with Gasteiger partial charge in [0.2, 0.25) is 0 Å². The van der Waals surface area contributed by atoms with Crippen LogP contribution in [0.15, 0.2) is 0 Å². The summed E-state index contributed by atoms with van der Waals surface area (Å²) in [4.78, 5) is 0. The summed E-state index contributed by atoms with van der Waals surface area (Å²) in [7, 11) is 0. The van der Waals surface area contributed by atoms with Crippen LogP contribution in [0.4, 0.5) is 0 Å². The zero-order chi connectivity index (χ0) is 12.3. The highest BCUT2D eigenvalue weighted by molar-refractivity contribution is 4.72. The number of nitrogens with one attached hydrogen (secondary N) is 1. The number of ether oxygens (including phenoxy) is 2. The number of hydrogen-bond acceptors (Lipinski definition) is 4. The standard InChI is InChI=1S/C13H27NO3/c1-2-3-7-16-8-6-14-9-13(15)11-17-10-12-4-5-12/h12-15H,2-11H2,1H3. The van der Waals surface area contributed by atoms with Crippen LogP contribution in [0.1, 0.15) is 32.6 Å². The molecule has 4 heteroatoms. The van der Waals surface area contributed by atoms with Crippen LogP contribution in [0.2, 0.25) is 0 Å². The molecule has 1 aliphatic rings. The summed E-state index contributed by atoms with van der Waals surface area (Å²) >= 11 is 0. The van der Waals surface area contributed by atoms with Crippen LogP contribution in [-0.4, -0.2) is 50.7 Å². The van der Waals surface area contributed by atoms with E-state index in [1.165, 1.54) is 19.3 Å².